The summed E-state index contributed by atoms with van der Waals surface area (Å²) in [5.74, 6) is -0.865. The number of ether oxygens (including phenoxy) is 1. The summed E-state index contributed by atoms with van der Waals surface area (Å²) in [6.45, 7) is 6.06. The van der Waals surface area contributed by atoms with Crippen LogP contribution in [0.2, 0.25) is 0 Å². The smallest absolute Gasteiger partial charge is 0.310 e. The fraction of sp³-hybridized carbons (Fsp3) is 0.304. The molecule has 0 heterocycles. The molecule has 0 aliphatic heterocycles. The fourth-order valence-corrected chi connectivity index (χ4v) is 2.86. The Morgan fingerprint density at radius 3 is 2.26 bits per heavy atom. The SMILES string of the molecule is COC(=O)C(C)CN(C(=O)/C=C/c1ccc(C)cc1)C(C)c1ccccc1. The van der Waals surface area contributed by atoms with Crippen molar-refractivity contribution in [3.63, 3.8) is 0 Å². The highest BCUT2D eigenvalue weighted by Crippen LogP contribution is 2.22. The van der Waals surface area contributed by atoms with Crippen LogP contribution in [0.5, 0.6) is 0 Å². The van der Waals surface area contributed by atoms with Gasteiger partial charge in [0.05, 0.1) is 19.1 Å². The monoisotopic (exact) mass is 365 g/mol. The Morgan fingerprint density at radius 2 is 1.67 bits per heavy atom. The molecule has 0 bridgehead atoms. The van der Waals surface area contributed by atoms with E-state index in [4.69, 9.17) is 4.74 Å². The number of rotatable bonds is 7. The molecule has 2 unspecified atom stereocenters. The summed E-state index contributed by atoms with van der Waals surface area (Å²) in [4.78, 5) is 26.5. The number of benzene rings is 2. The summed E-state index contributed by atoms with van der Waals surface area (Å²) in [6, 6.07) is 17.6. The van der Waals surface area contributed by atoms with Gasteiger partial charge in [0, 0.05) is 12.6 Å². The first kappa shape index (κ1) is 20.4. The molecule has 4 nitrogen and oxygen atoms in total. The third kappa shape index (κ3) is 5.81. The van der Waals surface area contributed by atoms with Crippen molar-refractivity contribution < 1.29 is 14.3 Å². The molecule has 2 rings (SSSR count). The molecule has 0 saturated carbocycles. The van der Waals surface area contributed by atoms with Gasteiger partial charge in [-0.2, -0.15) is 0 Å². The van der Waals surface area contributed by atoms with E-state index in [1.807, 2.05) is 68.4 Å². The van der Waals surface area contributed by atoms with E-state index in [1.54, 1.807) is 24.0 Å². The minimum Gasteiger partial charge on any atom is -0.469 e. The van der Waals surface area contributed by atoms with Crippen LogP contribution in [-0.2, 0) is 14.3 Å². The lowest BCUT2D eigenvalue weighted by atomic mass is 10.0. The first-order valence-electron chi connectivity index (χ1n) is 9.10. The van der Waals surface area contributed by atoms with E-state index in [0.29, 0.717) is 6.54 Å². The molecule has 0 aromatic heterocycles. The molecule has 2 aromatic carbocycles. The predicted molar refractivity (Wildman–Crippen MR) is 108 cm³/mol. The number of esters is 1. The van der Waals surface area contributed by atoms with Gasteiger partial charge >= 0.3 is 5.97 Å². The van der Waals surface area contributed by atoms with Gasteiger partial charge in [0.15, 0.2) is 0 Å². The molecule has 0 radical (unpaired) electrons. The van der Waals surface area contributed by atoms with Crippen LogP contribution in [0.15, 0.2) is 60.7 Å². The van der Waals surface area contributed by atoms with Crippen LogP contribution < -0.4 is 0 Å². The number of methoxy groups -OCH3 is 1. The Kier molecular flexibility index (Phi) is 7.35. The van der Waals surface area contributed by atoms with E-state index in [-0.39, 0.29) is 17.9 Å². The first-order chi connectivity index (χ1) is 12.9. The zero-order valence-corrected chi connectivity index (χ0v) is 16.4. The summed E-state index contributed by atoms with van der Waals surface area (Å²) in [5, 5.41) is 0. The average molecular weight is 365 g/mol. The number of nitrogens with zero attached hydrogens (tertiary/aromatic N) is 1. The third-order valence-corrected chi connectivity index (χ3v) is 4.60. The van der Waals surface area contributed by atoms with Crippen LogP contribution in [-0.4, -0.2) is 30.4 Å². The molecule has 2 aromatic rings. The maximum Gasteiger partial charge on any atom is 0.310 e. The van der Waals surface area contributed by atoms with Gasteiger partial charge in [-0.1, -0.05) is 67.1 Å². The summed E-state index contributed by atoms with van der Waals surface area (Å²) in [6.07, 6.45) is 3.36. The van der Waals surface area contributed by atoms with Crippen molar-refractivity contribution in [2.24, 2.45) is 5.92 Å². The molecule has 0 aliphatic rings. The molecule has 2 atom stereocenters. The van der Waals surface area contributed by atoms with Gasteiger partial charge in [-0.3, -0.25) is 9.59 Å². The summed E-state index contributed by atoms with van der Waals surface area (Å²) >= 11 is 0. The van der Waals surface area contributed by atoms with Crippen molar-refractivity contribution in [3.05, 3.63) is 77.4 Å². The summed E-state index contributed by atoms with van der Waals surface area (Å²) in [5.41, 5.74) is 3.15. The van der Waals surface area contributed by atoms with Gasteiger partial charge in [-0.25, -0.2) is 0 Å². The molecule has 0 fully saturated rings. The predicted octanol–water partition coefficient (Wildman–Crippen LogP) is 4.41. The fourth-order valence-electron chi connectivity index (χ4n) is 2.86. The van der Waals surface area contributed by atoms with Crippen molar-refractivity contribution in [3.8, 4) is 0 Å². The zero-order valence-electron chi connectivity index (χ0n) is 16.4. The third-order valence-electron chi connectivity index (χ3n) is 4.60. The van der Waals surface area contributed by atoms with E-state index in [9.17, 15) is 9.59 Å². The highest BCUT2D eigenvalue weighted by molar-refractivity contribution is 5.92. The van der Waals surface area contributed by atoms with Crippen LogP contribution >= 0.6 is 0 Å². The van der Waals surface area contributed by atoms with Crippen molar-refractivity contribution >= 4 is 18.0 Å². The van der Waals surface area contributed by atoms with E-state index < -0.39 is 5.92 Å². The molecule has 0 N–H and O–H groups in total. The second kappa shape index (κ2) is 9.72. The maximum atomic E-state index is 12.9. The van der Waals surface area contributed by atoms with Crippen LogP contribution in [0.4, 0.5) is 0 Å². The van der Waals surface area contributed by atoms with Crippen LogP contribution in [0.1, 0.15) is 36.6 Å². The quantitative estimate of drug-likeness (QED) is 0.539. The van der Waals surface area contributed by atoms with E-state index >= 15 is 0 Å². The highest BCUT2D eigenvalue weighted by Gasteiger charge is 2.25. The lowest BCUT2D eigenvalue weighted by Gasteiger charge is -2.30. The Labute approximate surface area is 161 Å². The molecule has 1 amide bonds. The van der Waals surface area contributed by atoms with Crippen molar-refractivity contribution in [1.82, 2.24) is 4.90 Å². The molecular weight excluding hydrogens is 338 g/mol. The van der Waals surface area contributed by atoms with Crippen LogP contribution in [0, 0.1) is 12.8 Å². The Hall–Kier alpha value is -2.88. The van der Waals surface area contributed by atoms with Crippen LogP contribution in [0.3, 0.4) is 0 Å². The summed E-state index contributed by atoms with van der Waals surface area (Å²) in [7, 11) is 1.36. The van der Waals surface area contributed by atoms with Crippen molar-refractivity contribution in [1.29, 1.82) is 0 Å². The van der Waals surface area contributed by atoms with E-state index in [1.165, 1.54) is 12.7 Å². The van der Waals surface area contributed by atoms with Gasteiger partial charge < -0.3 is 9.64 Å². The number of hydrogen-bond acceptors (Lipinski definition) is 3. The Morgan fingerprint density at radius 1 is 1.04 bits per heavy atom. The van der Waals surface area contributed by atoms with Gasteiger partial charge in [0.1, 0.15) is 0 Å². The normalized spacial score (nSPS) is 13.2. The number of hydrogen-bond donors (Lipinski definition) is 0. The number of aryl methyl sites for hydroxylation is 1. The molecule has 142 valence electrons. The number of amides is 1. The number of carbonyl (C=O) groups excluding carboxylic acids is 2. The second-order valence-electron chi connectivity index (χ2n) is 6.75. The largest absolute Gasteiger partial charge is 0.469 e. The Bertz CT molecular complexity index is 781. The summed E-state index contributed by atoms with van der Waals surface area (Å²) < 4.78 is 4.82. The first-order valence-corrected chi connectivity index (χ1v) is 9.10. The van der Waals surface area contributed by atoms with Crippen LogP contribution in [0.25, 0.3) is 6.08 Å². The molecule has 0 saturated heterocycles. The maximum absolute atomic E-state index is 12.9. The average Bonchev–Trinajstić information content (AvgIpc) is 2.70. The lowest BCUT2D eigenvalue weighted by Crippen LogP contribution is -2.38. The molecule has 0 aliphatic carbocycles. The highest BCUT2D eigenvalue weighted by atomic mass is 16.5. The number of carbonyl (C=O) groups is 2. The van der Waals surface area contributed by atoms with Gasteiger partial charge in [0.2, 0.25) is 5.91 Å². The van der Waals surface area contributed by atoms with Gasteiger partial charge in [0.25, 0.3) is 0 Å². The Balaban J connectivity index is 2.23. The van der Waals surface area contributed by atoms with Crippen molar-refractivity contribution in [2.45, 2.75) is 26.8 Å². The topological polar surface area (TPSA) is 46.6 Å². The zero-order chi connectivity index (χ0) is 19.8. The lowest BCUT2D eigenvalue weighted by molar-refractivity contribution is -0.146. The standard InChI is InChI=1S/C23H27NO3/c1-17-10-12-20(13-11-17)14-15-22(25)24(16-18(2)23(26)27-4)19(3)21-8-6-5-7-9-21/h5-15,18-19H,16H2,1-4H3/b15-14+. The van der Waals surface area contributed by atoms with Gasteiger partial charge in [-0.05, 0) is 31.1 Å². The minimum atomic E-state index is -0.405. The van der Waals surface area contributed by atoms with E-state index in [2.05, 4.69) is 0 Å². The molecule has 0 spiro atoms. The molecule has 27 heavy (non-hydrogen) atoms. The molecular formula is C23H27NO3. The van der Waals surface area contributed by atoms with E-state index in [0.717, 1.165) is 11.1 Å². The minimum absolute atomic E-state index is 0.136. The van der Waals surface area contributed by atoms with Crippen molar-refractivity contribution in [2.75, 3.05) is 13.7 Å². The van der Waals surface area contributed by atoms with Gasteiger partial charge in [-0.15, -0.1) is 0 Å². The second-order valence-corrected chi connectivity index (χ2v) is 6.75. The molecule has 4 heteroatoms.